The number of carbonyl (C=O) groups is 1. The Bertz CT molecular complexity index is 950. The maximum atomic E-state index is 12.7. The van der Waals surface area contributed by atoms with Crippen LogP contribution in [0.4, 0.5) is 10.5 Å². The van der Waals surface area contributed by atoms with Gasteiger partial charge in [0.05, 0.1) is 11.0 Å². The van der Waals surface area contributed by atoms with E-state index in [0.717, 1.165) is 11.1 Å². The second kappa shape index (κ2) is 8.71. The first-order valence-electron chi connectivity index (χ1n) is 8.85. The van der Waals surface area contributed by atoms with Gasteiger partial charge in [0.1, 0.15) is 0 Å². The van der Waals surface area contributed by atoms with Crippen LogP contribution in [0.1, 0.15) is 25.0 Å². The van der Waals surface area contributed by atoms with E-state index in [1.165, 1.54) is 16.8 Å². The Balaban J connectivity index is 1.81. The Morgan fingerprint density at radius 3 is 2.69 bits per heavy atom. The summed E-state index contributed by atoms with van der Waals surface area (Å²) in [4.78, 5) is 12.7. The van der Waals surface area contributed by atoms with Crippen molar-refractivity contribution in [3.63, 3.8) is 0 Å². The zero-order chi connectivity index (χ0) is 21.2. The molecule has 1 fully saturated rings. The molecule has 2 aromatic carbocycles. The first-order valence-corrected chi connectivity index (χ1v) is 10.5. The number of nitrogens with one attached hydrogen (secondary N) is 1. The molecule has 0 aliphatic carbocycles. The summed E-state index contributed by atoms with van der Waals surface area (Å²) in [5.41, 5.74) is 2.51. The molecular weight excluding hydrogens is 428 g/mol. The summed E-state index contributed by atoms with van der Waals surface area (Å²) in [5, 5.41) is 20.4. The number of thioether (sulfide) groups is 1. The predicted molar refractivity (Wildman–Crippen MR) is 123 cm³/mol. The molecule has 152 valence electrons. The molecule has 0 radical (unpaired) electrons. The number of hydrogen-bond acceptors (Lipinski definition) is 5. The Morgan fingerprint density at radius 1 is 1.34 bits per heavy atom. The first kappa shape index (κ1) is 21.6. The lowest BCUT2D eigenvalue weighted by molar-refractivity contribution is -0.114. The average molecular weight is 449 g/mol. The molecule has 6 nitrogen and oxygen atoms in total. The van der Waals surface area contributed by atoms with E-state index in [9.17, 15) is 10.0 Å². The molecule has 1 heterocycles. The molecule has 1 aliphatic rings. The number of hydrazone groups is 1. The number of anilines is 1. The smallest absolute Gasteiger partial charge is 0.306 e. The van der Waals surface area contributed by atoms with Crippen molar-refractivity contribution in [2.75, 3.05) is 5.32 Å². The van der Waals surface area contributed by atoms with Crippen LogP contribution >= 0.6 is 35.6 Å². The third kappa shape index (κ3) is 5.08. The summed E-state index contributed by atoms with van der Waals surface area (Å²) >= 11 is 12.8. The largest absolute Gasteiger partial charge is 0.347 e. The van der Waals surface area contributed by atoms with E-state index in [-0.39, 0.29) is 0 Å². The van der Waals surface area contributed by atoms with Gasteiger partial charge in [-0.1, -0.05) is 71.5 Å². The fourth-order valence-corrected chi connectivity index (χ4v) is 4.84. The average Bonchev–Trinajstić information content (AvgIpc) is 2.88. The molecule has 0 aromatic heterocycles. The number of aryl methyl sites for hydroxylation is 1. The number of rotatable bonds is 4. The normalized spacial score (nSPS) is 18.3. The van der Waals surface area contributed by atoms with Crippen LogP contribution in [0.3, 0.4) is 0 Å². The Labute approximate surface area is 184 Å². The summed E-state index contributed by atoms with van der Waals surface area (Å²) in [5.74, 6) is 0. The fourth-order valence-electron chi connectivity index (χ4n) is 2.87. The van der Waals surface area contributed by atoms with Crippen molar-refractivity contribution < 1.29 is 10.0 Å². The summed E-state index contributed by atoms with van der Waals surface area (Å²) in [6.45, 7) is 5.80. The van der Waals surface area contributed by atoms with Crippen molar-refractivity contribution in [1.82, 2.24) is 10.1 Å². The predicted octanol–water partition coefficient (Wildman–Crippen LogP) is 5.34. The lowest BCUT2D eigenvalue weighted by Gasteiger charge is -2.34. The number of amides is 2. The highest BCUT2D eigenvalue weighted by atomic mass is 35.5. The number of hydroxylamine groups is 2. The number of halogens is 1. The molecule has 0 unspecified atom stereocenters. The SMILES string of the molecule is Cc1ccc(/C=N\N2C(=S)SC(C)(C)[C@@H]2N(O)C(=O)Nc2cccc(Cl)c2)cc1. The van der Waals surface area contributed by atoms with Crippen LogP contribution in [0.5, 0.6) is 0 Å². The lowest BCUT2D eigenvalue weighted by Crippen LogP contribution is -2.54. The zero-order valence-corrected chi connectivity index (χ0v) is 18.6. The van der Waals surface area contributed by atoms with Crippen LogP contribution in [0.15, 0.2) is 53.6 Å². The summed E-state index contributed by atoms with van der Waals surface area (Å²) in [6.07, 6.45) is 0.865. The molecule has 0 bridgehead atoms. The summed E-state index contributed by atoms with van der Waals surface area (Å²) < 4.78 is -0.111. The minimum atomic E-state index is -0.791. The third-order valence-corrected chi connectivity index (χ3v) is 6.09. The van der Waals surface area contributed by atoms with E-state index in [1.54, 1.807) is 30.5 Å². The van der Waals surface area contributed by atoms with Crippen LogP contribution < -0.4 is 5.32 Å². The van der Waals surface area contributed by atoms with Gasteiger partial charge in [-0.25, -0.2) is 9.80 Å². The van der Waals surface area contributed by atoms with Gasteiger partial charge in [0.25, 0.3) is 0 Å². The van der Waals surface area contributed by atoms with Gasteiger partial charge in [-0.2, -0.15) is 10.2 Å². The maximum absolute atomic E-state index is 12.7. The molecule has 0 saturated carbocycles. The summed E-state index contributed by atoms with van der Waals surface area (Å²) in [7, 11) is 0. The van der Waals surface area contributed by atoms with Gasteiger partial charge in [-0.05, 0) is 44.5 Å². The minimum Gasteiger partial charge on any atom is -0.306 e. The number of hydrogen-bond donors (Lipinski definition) is 2. The van der Waals surface area contributed by atoms with Crippen LogP contribution in [0.2, 0.25) is 5.02 Å². The molecule has 2 N–H and O–H groups in total. The molecule has 3 rings (SSSR count). The maximum Gasteiger partial charge on any atom is 0.347 e. The number of nitrogens with zero attached hydrogens (tertiary/aromatic N) is 3. The monoisotopic (exact) mass is 448 g/mol. The van der Waals surface area contributed by atoms with Crippen molar-refractivity contribution in [3.8, 4) is 0 Å². The van der Waals surface area contributed by atoms with E-state index in [4.69, 9.17) is 23.8 Å². The third-order valence-electron chi connectivity index (χ3n) is 4.32. The van der Waals surface area contributed by atoms with E-state index in [0.29, 0.717) is 20.1 Å². The molecule has 9 heteroatoms. The molecule has 0 spiro atoms. The molecular formula is C20H21ClN4O2S2. The Morgan fingerprint density at radius 2 is 2.03 bits per heavy atom. The van der Waals surface area contributed by atoms with Gasteiger partial charge in [0, 0.05) is 10.7 Å². The molecule has 29 heavy (non-hydrogen) atoms. The van der Waals surface area contributed by atoms with Crippen LogP contribution in [-0.2, 0) is 0 Å². The van der Waals surface area contributed by atoms with Gasteiger partial charge < -0.3 is 5.32 Å². The summed E-state index contributed by atoms with van der Waals surface area (Å²) in [6, 6.07) is 13.8. The second-order valence-corrected chi connectivity index (χ2v) is 9.85. The van der Waals surface area contributed by atoms with Crippen LogP contribution in [0, 0.1) is 6.92 Å². The standard InChI is InChI=1S/C20H21ClN4O2S2/c1-13-7-9-14(10-8-13)12-22-24-17(20(2,3)29-19(24)28)25(27)18(26)23-16-6-4-5-15(21)11-16/h4-12,17,27H,1-3H3,(H,23,26)/b22-12-/t17-/m0/s1. The highest BCUT2D eigenvalue weighted by Crippen LogP contribution is 2.42. The van der Waals surface area contributed by atoms with Gasteiger partial charge in [0.15, 0.2) is 10.5 Å². The molecule has 2 aromatic rings. The number of thiocarbonyl (C=S) groups is 1. The van der Waals surface area contributed by atoms with Crippen molar-refractivity contribution in [2.45, 2.75) is 31.7 Å². The van der Waals surface area contributed by atoms with Gasteiger partial charge in [0.2, 0.25) is 0 Å². The van der Waals surface area contributed by atoms with Crippen molar-refractivity contribution >= 4 is 57.8 Å². The van der Waals surface area contributed by atoms with Crippen molar-refractivity contribution in [1.29, 1.82) is 0 Å². The van der Waals surface area contributed by atoms with Gasteiger partial charge >= 0.3 is 6.03 Å². The van der Waals surface area contributed by atoms with Crippen molar-refractivity contribution in [3.05, 3.63) is 64.7 Å². The van der Waals surface area contributed by atoms with Gasteiger partial charge in [-0.15, -0.1) is 0 Å². The lowest BCUT2D eigenvalue weighted by atomic mass is 10.1. The second-order valence-electron chi connectivity index (χ2n) is 7.13. The molecule has 1 atom stereocenters. The Kier molecular flexibility index (Phi) is 6.48. The fraction of sp³-hybridized carbons (Fsp3) is 0.250. The number of benzene rings is 2. The highest BCUT2D eigenvalue weighted by Gasteiger charge is 2.50. The van der Waals surface area contributed by atoms with Crippen molar-refractivity contribution in [2.24, 2.45) is 5.10 Å². The quantitative estimate of drug-likeness (QED) is 0.286. The van der Waals surface area contributed by atoms with Crippen LogP contribution in [0.25, 0.3) is 0 Å². The van der Waals surface area contributed by atoms with E-state index in [1.807, 2.05) is 45.0 Å². The molecule has 1 aliphatic heterocycles. The van der Waals surface area contributed by atoms with E-state index in [2.05, 4.69) is 10.4 Å². The number of urea groups is 1. The highest BCUT2D eigenvalue weighted by molar-refractivity contribution is 8.24. The minimum absolute atomic E-state index is 0.470. The van der Waals surface area contributed by atoms with Crippen LogP contribution in [-0.4, -0.2) is 42.8 Å². The Hall–Kier alpha value is -2.13. The van der Waals surface area contributed by atoms with Gasteiger partial charge in [-0.3, -0.25) is 5.21 Å². The zero-order valence-electron chi connectivity index (χ0n) is 16.2. The van der Waals surface area contributed by atoms with E-state index >= 15 is 0 Å². The van der Waals surface area contributed by atoms with E-state index < -0.39 is 16.9 Å². The topological polar surface area (TPSA) is 68.2 Å². The number of carbonyl (C=O) groups excluding carboxylic acids is 1. The molecule has 1 saturated heterocycles. The molecule has 2 amide bonds. The first-order chi connectivity index (χ1) is 13.7.